The fourth-order valence-corrected chi connectivity index (χ4v) is 2.44. The quantitative estimate of drug-likeness (QED) is 0.480. The van der Waals surface area contributed by atoms with Gasteiger partial charge < -0.3 is 10.8 Å². The van der Waals surface area contributed by atoms with Crippen LogP contribution in [0.15, 0.2) is 0 Å². The summed E-state index contributed by atoms with van der Waals surface area (Å²) < 4.78 is 0. The Kier molecular flexibility index (Phi) is 11.9. The first-order valence-corrected chi connectivity index (χ1v) is 8.08. The van der Waals surface area contributed by atoms with E-state index in [1.807, 2.05) is 0 Å². The summed E-state index contributed by atoms with van der Waals surface area (Å²) in [5.41, 5.74) is 5.97. The van der Waals surface area contributed by atoms with Crippen molar-refractivity contribution in [2.45, 2.75) is 96.4 Å². The largest absolute Gasteiger partial charge is 0.394 e. The number of aliphatic hydroxyl groups excluding tert-OH is 1. The third kappa shape index (κ3) is 9.90. The number of aliphatic hydroxyl groups is 1. The maximum absolute atomic E-state index is 9.47. The Balaban J connectivity index is 3.60. The van der Waals surface area contributed by atoms with Crippen molar-refractivity contribution in [2.75, 3.05) is 6.61 Å². The van der Waals surface area contributed by atoms with Crippen molar-refractivity contribution in [1.82, 2.24) is 0 Å². The smallest absolute Gasteiger partial charge is 0.0611 e. The van der Waals surface area contributed by atoms with E-state index >= 15 is 0 Å². The van der Waals surface area contributed by atoms with Gasteiger partial charge in [-0.15, -0.1) is 0 Å². The van der Waals surface area contributed by atoms with Crippen LogP contribution in [-0.4, -0.2) is 17.3 Å². The van der Waals surface area contributed by atoms with Gasteiger partial charge >= 0.3 is 0 Å². The number of rotatable bonds is 13. The fourth-order valence-electron chi connectivity index (χ4n) is 2.44. The molecule has 2 nitrogen and oxygen atoms in total. The summed E-state index contributed by atoms with van der Waals surface area (Å²) in [5, 5.41) is 9.47. The highest BCUT2D eigenvalue weighted by Gasteiger charge is 2.22. The van der Waals surface area contributed by atoms with Gasteiger partial charge in [0.2, 0.25) is 0 Å². The summed E-state index contributed by atoms with van der Waals surface area (Å²) in [6.07, 6.45) is 14.7. The summed E-state index contributed by atoms with van der Waals surface area (Å²) in [4.78, 5) is 0. The molecule has 0 fully saturated rings. The minimum Gasteiger partial charge on any atom is -0.394 e. The van der Waals surface area contributed by atoms with E-state index < -0.39 is 0 Å². The molecule has 0 heterocycles. The zero-order chi connectivity index (χ0) is 13.7. The van der Waals surface area contributed by atoms with Crippen molar-refractivity contribution in [2.24, 2.45) is 5.73 Å². The van der Waals surface area contributed by atoms with Gasteiger partial charge in [0, 0.05) is 5.54 Å². The highest BCUT2D eigenvalue weighted by molar-refractivity contribution is 4.83. The van der Waals surface area contributed by atoms with Crippen LogP contribution in [0.1, 0.15) is 90.9 Å². The summed E-state index contributed by atoms with van der Waals surface area (Å²) in [6.45, 7) is 4.61. The normalized spacial score (nSPS) is 12.0. The third-order valence-electron chi connectivity index (χ3n) is 3.87. The topological polar surface area (TPSA) is 46.2 Å². The van der Waals surface area contributed by atoms with Crippen molar-refractivity contribution < 1.29 is 5.11 Å². The molecule has 3 N–H and O–H groups in total. The summed E-state index contributed by atoms with van der Waals surface area (Å²) >= 11 is 0. The lowest BCUT2D eigenvalue weighted by molar-refractivity contribution is 0.171. The van der Waals surface area contributed by atoms with Crippen molar-refractivity contribution in [3.63, 3.8) is 0 Å². The van der Waals surface area contributed by atoms with Gasteiger partial charge in [0.15, 0.2) is 0 Å². The molecular formula is C16H35NO. The predicted octanol–water partition coefficient (Wildman–Crippen LogP) is 4.40. The first-order chi connectivity index (χ1) is 8.68. The van der Waals surface area contributed by atoms with Gasteiger partial charge in [0.1, 0.15) is 0 Å². The summed E-state index contributed by atoms with van der Waals surface area (Å²) in [7, 11) is 0. The Morgan fingerprint density at radius 1 is 0.722 bits per heavy atom. The minimum absolute atomic E-state index is 0.147. The predicted molar refractivity (Wildman–Crippen MR) is 80.8 cm³/mol. The molecule has 0 aliphatic rings. The Morgan fingerprint density at radius 3 is 1.44 bits per heavy atom. The second-order valence-corrected chi connectivity index (χ2v) is 5.85. The van der Waals surface area contributed by atoms with Crippen molar-refractivity contribution in [1.29, 1.82) is 0 Å². The Bertz CT molecular complexity index is 156. The lowest BCUT2D eigenvalue weighted by atomic mass is 9.88. The molecule has 0 spiro atoms. The highest BCUT2D eigenvalue weighted by Crippen LogP contribution is 2.20. The van der Waals surface area contributed by atoms with E-state index in [0.717, 1.165) is 12.8 Å². The van der Waals surface area contributed by atoms with Crippen LogP contribution in [0.25, 0.3) is 0 Å². The average molecular weight is 257 g/mol. The summed E-state index contributed by atoms with van der Waals surface area (Å²) in [6, 6.07) is 0. The molecule has 2 heteroatoms. The van der Waals surface area contributed by atoms with Gasteiger partial charge in [-0.2, -0.15) is 0 Å². The second kappa shape index (κ2) is 12.0. The van der Waals surface area contributed by atoms with Crippen molar-refractivity contribution >= 4 is 0 Å². The molecule has 0 saturated carbocycles. The highest BCUT2D eigenvalue weighted by atomic mass is 16.3. The second-order valence-electron chi connectivity index (χ2n) is 5.85. The average Bonchev–Trinajstić information content (AvgIpc) is 2.38. The molecule has 110 valence electrons. The van der Waals surface area contributed by atoms with Crippen LogP contribution >= 0.6 is 0 Å². The first-order valence-electron chi connectivity index (χ1n) is 8.08. The van der Waals surface area contributed by atoms with Crippen LogP contribution in [0.2, 0.25) is 0 Å². The molecule has 0 atom stereocenters. The zero-order valence-corrected chi connectivity index (χ0v) is 12.7. The molecule has 0 saturated heterocycles. The molecule has 18 heavy (non-hydrogen) atoms. The van der Waals surface area contributed by atoms with E-state index in [9.17, 15) is 5.11 Å². The molecule has 0 rings (SSSR count). The molecule has 0 aromatic carbocycles. The maximum atomic E-state index is 9.47. The van der Waals surface area contributed by atoms with Gasteiger partial charge in [-0.25, -0.2) is 0 Å². The summed E-state index contributed by atoms with van der Waals surface area (Å²) in [5.74, 6) is 0. The lowest BCUT2D eigenvalue weighted by Crippen LogP contribution is -2.43. The molecule has 0 aliphatic carbocycles. The molecule has 0 aromatic heterocycles. The molecule has 0 bridgehead atoms. The molecule has 0 aliphatic heterocycles. The lowest BCUT2D eigenvalue weighted by Gasteiger charge is -2.27. The van der Waals surface area contributed by atoms with Crippen LogP contribution in [0.4, 0.5) is 0 Å². The monoisotopic (exact) mass is 257 g/mol. The SMILES string of the molecule is CCCCCCCC(N)(CO)CCCCCCC. The van der Waals surface area contributed by atoms with Crippen LogP contribution in [0.3, 0.4) is 0 Å². The van der Waals surface area contributed by atoms with E-state index in [1.165, 1.54) is 64.2 Å². The molecule has 0 radical (unpaired) electrons. The van der Waals surface area contributed by atoms with Crippen LogP contribution < -0.4 is 5.73 Å². The van der Waals surface area contributed by atoms with Crippen LogP contribution in [0, 0.1) is 0 Å². The Hall–Kier alpha value is -0.0800. The van der Waals surface area contributed by atoms with Gasteiger partial charge in [0.25, 0.3) is 0 Å². The number of nitrogens with two attached hydrogens (primary N) is 1. The molecule has 0 aromatic rings. The Labute approximate surface area is 114 Å². The van der Waals surface area contributed by atoms with Gasteiger partial charge in [-0.05, 0) is 12.8 Å². The first kappa shape index (κ1) is 17.9. The van der Waals surface area contributed by atoms with Gasteiger partial charge in [-0.1, -0.05) is 78.1 Å². The number of hydrogen-bond acceptors (Lipinski definition) is 2. The van der Waals surface area contributed by atoms with Crippen molar-refractivity contribution in [3.05, 3.63) is 0 Å². The third-order valence-corrected chi connectivity index (χ3v) is 3.87. The molecule has 0 amide bonds. The fraction of sp³-hybridized carbons (Fsp3) is 1.00. The maximum Gasteiger partial charge on any atom is 0.0611 e. The van der Waals surface area contributed by atoms with E-state index in [0.29, 0.717) is 0 Å². The number of hydrogen-bond donors (Lipinski definition) is 2. The van der Waals surface area contributed by atoms with Gasteiger partial charge in [0.05, 0.1) is 6.61 Å². The van der Waals surface area contributed by atoms with Crippen LogP contribution in [-0.2, 0) is 0 Å². The van der Waals surface area contributed by atoms with E-state index in [1.54, 1.807) is 0 Å². The zero-order valence-electron chi connectivity index (χ0n) is 12.7. The Morgan fingerprint density at radius 2 is 1.11 bits per heavy atom. The van der Waals surface area contributed by atoms with E-state index in [4.69, 9.17) is 5.73 Å². The van der Waals surface area contributed by atoms with E-state index in [2.05, 4.69) is 13.8 Å². The molecular weight excluding hydrogens is 222 g/mol. The molecule has 0 unspecified atom stereocenters. The van der Waals surface area contributed by atoms with Crippen molar-refractivity contribution in [3.8, 4) is 0 Å². The van der Waals surface area contributed by atoms with Crippen LogP contribution in [0.5, 0.6) is 0 Å². The van der Waals surface area contributed by atoms with Gasteiger partial charge in [-0.3, -0.25) is 0 Å². The minimum atomic E-state index is -0.307. The number of unbranched alkanes of at least 4 members (excludes halogenated alkanes) is 8. The standard InChI is InChI=1S/C16H35NO/c1-3-5-7-9-11-13-16(17,15-18)14-12-10-8-6-4-2/h18H,3-15,17H2,1-2H3. The van der Waals surface area contributed by atoms with E-state index in [-0.39, 0.29) is 12.1 Å².